The van der Waals surface area contributed by atoms with Gasteiger partial charge in [-0.25, -0.2) is 4.39 Å². The second-order valence-electron chi connectivity index (χ2n) is 5.08. The number of aryl methyl sites for hydroxylation is 1. The largest absolute Gasteiger partial charge is 0.477 e. The molecule has 24 heavy (non-hydrogen) atoms. The van der Waals surface area contributed by atoms with Gasteiger partial charge in [-0.05, 0) is 31.5 Å². The van der Waals surface area contributed by atoms with Crippen molar-refractivity contribution in [2.75, 3.05) is 18.1 Å². The van der Waals surface area contributed by atoms with Crippen molar-refractivity contribution in [3.63, 3.8) is 0 Å². The van der Waals surface area contributed by atoms with Gasteiger partial charge in [-0.1, -0.05) is 18.2 Å². The smallest absolute Gasteiger partial charge is 0.311 e. The molecule has 6 nitrogen and oxygen atoms in total. The average molecular weight is 332 g/mol. The number of halogens is 1. The molecule has 0 spiro atoms. The Bertz CT molecular complexity index is 764. The summed E-state index contributed by atoms with van der Waals surface area (Å²) in [6, 6.07) is 10.2. The lowest BCUT2D eigenvalue weighted by molar-refractivity contribution is -0.385. The van der Waals surface area contributed by atoms with E-state index in [1.54, 1.807) is 6.07 Å². The Hall–Kier alpha value is -2.96. The van der Waals surface area contributed by atoms with E-state index in [1.807, 2.05) is 32.0 Å². The molecule has 0 aliphatic heterocycles. The summed E-state index contributed by atoms with van der Waals surface area (Å²) in [7, 11) is 0. The van der Waals surface area contributed by atoms with Gasteiger partial charge in [-0.3, -0.25) is 14.9 Å². The van der Waals surface area contributed by atoms with E-state index in [-0.39, 0.29) is 17.3 Å². The van der Waals surface area contributed by atoms with Crippen LogP contribution >= 0.6 is 0 Å². The van der Waals surface area contributed by atoms with Gasteiger partial charge in [0.1, 0.15) is 5.82 Å². The number of amides is 1. The predicted octanol–water partition coefficient (Wildman–Crippen LogP) is 3.47. The average Bonchev–Trinajstić information content (AvgIpc) is 2.55. The molecule has 0 N–H and O–H groups in total. The summed E-state index contributed by atoms with van der Waals surface area (Å²) in [6.07, 6.45) is 0. The minimum Gasteiger partial charge on any atom is -0.477 e. The first-order valence-electron chi connectivity index (χ1n) is 7.36. The standard InChI is InChI=1S/C17H17FN2O4/c1-3-19(14-7-5-4-6-12(14)2)17(21)11-24-16-10-13(18)8-9-15(16)20(22)23/h4-10H,3,11H2,1-2H3. The molecule has 0 saturated carbocycles. The fourth-order valence-electron chi connectivity index (χ4n) is 2.32. The maximum absolute atomic E-state index is 13.3. The molecule has 0 heterocycles. The van der Waals surface area contributed by atoms with E-state index in [0.717, 1.165) is 29.4 Å². The molecule has 0 radical (unpaired) electrons. The third kappa shape index (κ3) is 3.87. The van der Waals surface area contributed by atoms with Gasteiger partial charge in [0, 0.05) is 24.4 Å². The Labute approximate surface area is 138 Å². The van der Waals surface area contributed by atoms with Gasteiger partial charge in [0.2, 0.25) is 5.75 Å². The molecule has 0 aliphatic carbocycles. The molecule has 0 aliphatic rings. The summed E-state index contributed by atoms with van der Waals surface area (Å²) >= 11 is 0. The predicted molar refractivity (Wildman–Crippen MR) is 87.8 cm³/mol. The number of benzene rings is 2. The fraction of sp³-hybridized carbons (Fsp3) is 0.235. The number of anilines is 1. The number of nitro groups is 1. The van der Waals surface area contributed by atoms with Gasteiger partial charge in [0.25, 0.3) is 5.91 Å². The number of nitrogens with zero attached hydrogens (tertiary/aromatic N) is 2. The van der Waals surface area contributed by atoms with Crippen molar-refractivity contribution in [3.05, 3.63) is 64.0 Å². The van der Waals surface area contributed by atoms with Crippen molar-refractivity contribution in [3.8, 4) is 5.75 Å². The summed E-state index contributed by atoms with van der Waals surface area (Å²) in [5.74, 6) is -1.31. The van der Waals surface area contributed by atoms with Gasteiger partial charge in [0.05, 0.1) is 4.92 Å². The number of hydrogen-bond acceptors (Lipinski definition) is 4. The van der Waals surface area contributed by atoms with Crippen LogP contribution in [-0.4, -0.2) is 24.0 Å². The fourth-order valence-corrected chi connectivity index (χ4v) is 2.32. The van der Waals surface area contributed by atoms with E-state index in [2.05, 4.69) is 0 Å². The van der Waals surface area contributed by atoms with Crippen molar-refractivity contribution in [1.82, 2.24) is 0 Å². The molecule has 2 rings (SSSR count). The van der Waals surface area contributed by atoms with Gasteiger partial charge < -0.3 is 9.64 Å². The van der Waals surface area contributed by atoms with Gasteiger partial charge in [-0.2, -0.15) is 0 Å². The van der Waals surface area contributed by atoms with Gasteiger partial charge in [-0.15, -0.1) is 0 Å². The van der Waals surface area contributed by atoms with Crippen LogP contribution in [0, 0.1) is 22.9 Å². The number of carbonyl (C=O) groups is 1. The lowest BCUT2D eigenvalue weighted by Crippen LogP contribution is -2.35. The quantitative estimate of drug-likeness (QED) is 0.600. The van der Waals surface area contributed by atoms with Crippen molar-refractivity contribution < 1.29 is 18.8 Å². The van der Waals surface area contributed by atoms with E-state index in [4.69, 9.17) is 4.74 Å². The number of hydrogen-bond donors (Lipinski definition) is 0. The number of carbonyl (C=O) groups excluding carboxylic acids is 1. The molecule has 1 amide bonds. The molecule has 0 fully saturated rings. The van der Waals surface area contributed by atoms with E-state index in [9.17, 15) is 19.3 Å². The Balaban J connectivity index is 2.17. The maximum atomic E-state index is 13.3. The highest BCUT2D eigenvalue weighted by Gasteiger charge is 2.20. The second kappa shape index (κ2) is 7.54. The molecule has 2 aromatic rings. The van der Waals surface area contributed by atoms with E-state index in [0.29, 0.717) is 6.54 Å². The third-order valence-corrected chi connectivity index (χ3v) is 3.49. The molecule has 0 atom stereocenters. The molecule has 0 aromatic heterocycles. The minimum atomic E-state index is -0.682. The monoisotopic (exact) mass is 332 g/mol. The molecule has 0 unspecified atom stereocenters. The van der Waals surface area contributed by atoms with Crippen LogP contribution in [0.2, 0.25) is 0 Å². The molecule has 7 heteroatoms. The summed E-state index contributed by atoms with van der Waals surface area (Å²) in [6.45, 7) is 3.68. The number of para-hydroxylation sites is 1. The molecular weight excluding hydrogens is 315 g/mol. The molecule has 0 bridgehead atoms. The van der Waals surface area contributed by atoms with Crippen LogP contribution in [0.5, 0.6) is 5.75 Å². The molecule has 126 valence electrons. The van der Waals surface area contributed by atoms with Crippen molar-refractivity contribution in [2.45, 2.75) is 13.8 Å². The van der Waals surface area contributed by atoms with E-state index in [1.165, 1.54) is 4.90 Å². The number of nitro benzene ring substituents is 1. The second-order valence-corrected chi connectivity index (χ2v) is 5.08. The zero-order valence-electron chi connectivity index (χ0n) is 13.4. The Morgan fingerprint density at radius 1 is 1.29 bits per heavy atom. The van der Waals surface area contributed by atoms with Crippen LogP contribution < -0.4 is 9.64 Å². The molecule has 2 aromatic carbocycles. The Morgan fingerprint density at radius 3 is 2.62 bits per heavy atom. The maximum Gasteiger partial charge on any atom is 0.311 e. The SMILES string of the molecule is CCN(C(=O)COc1cc(F)ccc1[N+](=O)[O-])c1ccccc1C. The minimum absolute atomic E-state index is 0.269. The first kappa shape index (κ1) is 17.4. The summed E-state index contributed by atoms with van der Waals surface area (Å²) < 4.78 is 18.5. The Morgan fingerprint density at radius 2 is 2.00 bits per heavy atom. The summed E-state index contributed by atoms with van der Waals surface area (Å²) in [5, 5.41) is 10.9. The van der Waals surface area contributed by atoms with Gasteiger partial charge in [0.15, 0.2) is 6.61 Å². The number of ether oxygens (including phenoxy) is 1. The van der Waals surface area contributed by atoms with Crippen LogP contribution in [0.4, 0.5) is 15.8 Å². The van der Waals surface area contributed by atoms with Crippen LogP contribution in [0.25, 0.3) is 0 Å². The highest BCUT2D eigenvalue weighted by atomic mass is 19.1. The summed E-state index contributed by atoms with van der Waals surface area (Å²) in [5.41, 5.74) is 1.27. The zero-order valence-corrected chi connectivity index (χ0v) is 13.4. The lowest BCUT2D eigenvalue weighted by Gasteiger charge is -2.23. The van der Waals surface area contributed by atoms with Crippen LogP contribution in [0.15, 0.2) is 42.5 Å². The van der Waals surface area contributed by atoms with Crippen molar-refractivity contribution in [1.29, 1.82) is 0 Å². The van der Waals surface area contributed by atoms with E-state index < -0.39 is 17.3 Å². The van der Waals surface area contributed by atoms with Crippen molar-refractivity contribution >= 4 is 17.3 Å². The summed E-state index contributed by atoms with van der Waals surface area (Å²) in [4.78, 5) is 24.2. The third-order valence-electron chi connectivity index (χ3n) is 3.49. The molecule has 0 saturated heterocycles. The number of rotatable bonds is 6. The van der Waals surface area contributed by atoms with E-state index >= 15 is 0 Å². The normalized spacial score (nSPS) is 10.3. The highest BCUT2D eigenvalue weighted by molar-refractivity contribution is 5.95. The van der Waals surface area contributed by atoms with Crippen LogP contribution in [-0.2, 0) is 4.79 Å². The topological polar surface area (TPSA) is 72.7 Å². The Kier molecular flexibility index (Phi) is 5.47. The first-order chi connectivity index (χ1) is 11.4. The zero-order chi connectivity index (χ0) is 17.7. The number of likely N-dealkylation sites (N-methyl/N-ethyl adjacent to an activating group) is 1. The highest BCUT2D eigenvalue weighted by Crippen LogP contribution is 2.27. The van der Waals surface area contributed by atoms with Crippen LogP contribution in [0.3, 0.4) is 0 Å². The first-order valence-corrected chi connectivity index (χ1v) is 7.36. The van der Waals surface area contributed by atoms with Crippen LogP contribution in [0.1, 0.15) is 12.5 Å². The van der Waals surface area contributed by atoms with Gasteiger partial charge >= 0.3 is 5.69 Å². The molecular formula is C17H17FN2O4. The lowest BCUT2D eigenvalue weighted by atomic mass is 10.2. The van der Waals surface area contributed by atoms with Crippen molar-refractivity contribution in [2.24, 2.45) is 0 Å².